The molecule has 3 nitrogen and oxygen atoms in total. The van der Waals surface area contributed by atoms with Gasteiger partial charge in [0.2, 0.25) is 0 Å². The monoisotopic (exact) mass is 241 g/mol. The zero-order valence-corrected chi connectivity index (χ0v) is 10.9. The van der Waals surface area contributed by atoms with E-state index in [4.69, 9.17) is 0 Å². The zero-order chi connectivity index (χ0) is 12.2. The number of nitrogens with one attached hydrogen (secondary N) is 1. The van der Waals surface area contributed by atoms with Crippen LogP contribution in [0.1, 0.15) is 18.1 Å². The number of anilines is 1. The van der Waals surface area contributed by atoms with E-state index >= 15 is 0 Å². The number of hydrogen-bond donors (Lipinski definition) is 1. The van der Waals surface area contributed by atoms with E-state index in [0.717, 1.165) is 11.3 Å². The number of benzene rings is 1. The van der Waals surface area contributed by atoms with Gasteiger partial charge in [0.05, 0.1) is 5.75 Å². The van der Waals surface area contributed by atoms with Gasteiger partial charge in [-0.2, -0.15) is 0 Å². The van der Waals surface area contributed by atoms with Gasteiger partial charge in [0.1, 0.15) is 0 Å². The third-order valence-corrected chi connectivity index (χ3v) is 4.26. The molecular formula is C12H19NO2S. The maximum atomic E-state index is 11.3. The average Bonchev–Trinajstić information content (AvgIpc) is 2.21. The first-order valence-electron chi connectivity index (χ1n) is 5.46. The Bertz CT molecular complexity index is 452. The third-order valence-electron chi connectivity index (χ3n) is 2.55. The van der Waals surface area contributed by atoms with Crippen LogP contribution in [0.4, 0.5) is 5.69 Å². The SMILES string of the molecule is CCS(=O)(=O)CCNc1ccc(C)cc1C. The second kappa shape index (κ2) is 5.34. The van der Waals surface area contributed by atoms with E-state index < -0.39 is 9.84 Å². The molecule has 0 saturated carbocycles. The normalized spacial score (nSPS) is 11.4. The highest BCUT2D eigenvalue weighted by molar-refractivity contribution is 7.91. The Labute approximate surface area is 97.8 Å². The van der Waals surface area contributed by atoms with Crippen molar-refractivity contribution in [3.63, 3.8) is 0 Å². The van der Waals surface area contributed by atoms with Crippen molar-refractivity contribution >= 4 is 15.5 Å². The van der Waals surface area contributed by atoms with Crippen molar-refractivity contribution in [2.75, 3.05) is 23.4 Å². The van der Waals surface area contributed by atoms with Gasteiger partial charge < -0.3 is 5.32 Å². The molecule has 1 aromatic carbocycles. The summed E-state index contributed by atoms with van der Waals surface area (Å²) in [6.07, 6.45) is 0. The zero-order valence-electron chi connectivity index (χ0n) is 10.1. The summed E-state index contributed by atoms with van der Waals surface area (Å²) >= 11 is 0. The van der Waals surface area contributed by atoms with Crippen LogP contribution in [-0.2, 0) is 9.84 Å². The van der Waals surface area contributed by atoms with Gasteiger partial charge >= 0.3 is 0 Å². The Morgan fingerprint density at radius 3 is 2.50 bits per heavy atom. The summed E-state index contributed by atoms with van der Waals surface area (Å²) in [6.45, 7) is 6.20. The predicted octanol–water partition coefficient (Wildman–Crippen LogP) is 2.15. The van der Waals surface area contributed by atoms with Gasteiger partial charge in [0.25, 0.3) is 0 Å². The molecule has 0 saturated heterocycles. The summed E-state index contributed by atoms with van der Waals surface area (Å²) in [4.78, 5) is 0. The molecule has 0 radical (unpaired) electrons. The number of rotatable bonds is 5. The molecule has 0 aromatic heterocycles. The third kappa shape index (κ3) is 3.85. The Morgan fingerprint density at radius 2 is 1.94 bits per heavy atom. The lowest BCUT2D eigenvalue weighted by Crippen LogP contribution is -2.17. The van der Waals surface area contributed by atoms with Gasteiger partial charge in [-0.1, -0.05) is 24.6 Å². The minimum Gasteiger partial charge on any atom is -0.384 e. The summed E-state index contributed by atoms with van der Waals surface area (Å²) in [5, 5.41) is 3.15. The van der Waals surface area contributed by atoms with Crippen LogP contribution in [0.15, 0.2) is 18.2 Å². The van der Waals surface area contributed by atoms with Crippen molar-refractivity contribution in [1.82, 2.24) is 0 Å². The van der Waals surface area contributed by atoms with Gasteiger partial charge in [-0.3, -0.25) is 0 Å². The molecule has 0 amide bonds. The quantitative estimate of drug-likeness (QED) is 0.859. The molecule has 0 fully saturated rings. The smallest absolute Gasteiger partial charge is 0.151 e. The molecule has 0 aliphatic rings. The van der Waals surface area contributed by atoms with E-state index in [9.17, 15) is 8.42 Å². The second-order valence-electron chi connectivity index (χ2n) is 3.98. The van der Waals surface area contributed by atoms with Crippen LogP contribution in [-0.4, -0.2) is 26.5 Å². The molecule has 90 valence electrons. The Kier molecular flexibility index (Phi) is 4.35. The van der Waals surface area contributed by atoms with E-state index in [1.807, 2.05) is 26.0 Å². The lowest BCUT2D eigenvalue weighted by atomic mass is 10.1. The first-order chi connectivity index (χ1) is 7.44. The summed E-state index contributed by atoms with van der Waals surface area (Å²) < 4.78 is 22.6. The standard InChI is InChI=1S/C12H19NO2S/c1-4-16(14,15)8-7-13-12-6-5-10(2)9-11(12)3/h5-6,9,13H,4,7-8H2,1-3H3. The van der Waals surface area contributed by atoms with E-state index in [0.29, 0.717) is 6.54 Å². The molecule has 0 bridgehead atoms. The molecular weight excluding hydrogens is 222 g/mol. The summed E-state index contributed by atoms with van der Waals surface area (Å²) in [6, 6.07) is 6.09. The largest absolute Gasteiger partial charge is 0.384 e. The van der Waals surface area contributed by atoms with E-state index in [-0.39, 0.29) is 11.5 Å². The van der Waals surface area contributed by atoms with Crippen LogP contribution in [0.2, 0.25) is 0 Å². The molecule has 1 N–H and O–H groups in total. The highest BCUT2D eigenvalue weighted by Gasteiger charge is 2.06. The first-order valence-corrected chi connectivity index (χ1v) is 7.28. The van der Waals surface area contributed by atoms with Crippen molar-refractivity contribution in [2.45, 2.75) is 20.8 Å². The average molecular weight is 241 g/mol. The van der Waals surface area contributed by atoms with Crippen LogP contribution in [0.5, 0.6) is 0 Å². The molecule has 4 heteroatoms. The lowest BCUT2D eigenvalue weighted by Gasteiger charge is -2.09. The van der Waals surface area contributed by atoms with E-state index in [2.05, 4.69) is 11.4 Å². The maximum absolute atomic E-state index is 11.3. The van der Waals surface area contributed by atoms with Gasteiger partial charge in [0, 0.05) is 18.0 Å². The van der Waals surface area contributed by atoms with Crippen molar-refractivity contribution in [2.24, 2.45) is 0 Å². The fraction of sp³-hybridized carbons (Fsp3) is 0.500. The van der Waals surface area contributed by atoms with Gasteiger partial charge in [0.15, 0.2) is 9.84 Å². The van der Waals surface area contributed by atoms with Crippen molar-refractivity contribution in [3.8, 4) is 0 Å². The highest BCUT2D eigenvalue weighted by Crippen LogP contribution is 2.15. The molecule has 1 aromatic rings. The van der Waals surface area contributed by atoms with Crippen molar-refractivity contribution in [1.29, 1.82) is 0 Å². The molecule has 16 heavy (non-hydrogen) atoms. The molecule has 0 aliphatic carbocycles. The van der Waals surface area contributed by atoms with E-state index in [1.54, 1.807) is 6.92 Å². The van der Waals surface area contributed by atoms with Crippen LogP contribution < -0.4 is 5.32 Å². The Morgan fingerprint density at radius 1 is 1.25 bits per heavy atom. The van der Waals surface area contributed by atoms with Crippen LogP contribution in [0.3, 0.4) is 0 Å². The highest BCUT2D eigenvalue weighted by atomic mass is 32.2. The van der Waals surface area contributed by atoms with Gasteiger partial charge in [-0.15, -0.1) is 0 Å². The van der Waals surface area contributed by atoms with Crippen LogP contribution in [0, 0.1) is 13.8 Å². The molecule has 1 rings (SSSR count). The molecule has 0 aliphatic heterocycles. The van der Waals surface area contributed by atoms with Crippen LogP contribution >= 0.6 is 0 Å². The van der Waals surface area contributed by atoms with E-state index in [1.165, 1.54) is 5.56 Å². The topological polar surface area (TPSA) is 46.2 Å². The summed E-state index contributed by atoms with van der Waals surface area (Å²) in [7, 11) is -2.87. The van der Waals surface area contributed by atoms with Gasteiger partial charge in [-0.05, 0) is 25.5 Å². The number of sulfone groups is 1. The lowest BCUT2D eigenvalue weighted by molar-refractivity contribution is 0.597. The molecule has 0 heterocycles. The number of hydrogen-bond acceptors (Lipinski definition) is 3. The first kappa shape index (κ1) is 13.0. The fourth-order valence-corrected chi connectivity index (χ4v) is 2.20. The maximum Gasteiger partial charge on any atom is 0.151 e. The number of aryl methyl sites for hydroxylation is 2. The predicted molar refractivity (Wildman–Crippen MR) is 68.7 cm³/mol. The molecule has 0 spiro atoms. The van der Waals surface area contributed by atoms with Crippen LogP contribution in [0.25, 0.3) is 0 Å². The van der Waals surface area contributed by atoms with Crippen molar-refractivity contribution in [3.05, 3.63) is 29.3 Å². The Hall–Kier alpha value is -1.03. The Balaban J connectivity index is 2.56. The molecule has 0 unspecified atom stereocenters. The van der Waals surface area contributed by atoms with Crippen molar-refractivity contribution < 1.29 is 8.42 Å². The minimum absolute atomic E-state index is 0.191. The second-order valence-corrected chi connectivity index (χ2v) is 6.45. The summed E-state index contributed by atoms with van der Waals surface area (Å²) in [5.74, 6) is 0.401. The minimum atomic E-state index is -2.87. The molecule has 0 atom stereocenters. The fourth-order valence-electron chi connectivity index (χ4n) is 1.50. The summed E-state index contributed by atoms with van der Waals surface area (Å²) in [5.41, 5.74) is 3.37. The van der Waals surface area contributed by atoms with Gasteiger partial charge in [-0.25, -0.2) is 8.42 Å².